The number of aryl methyl sites for hydroxylation is 3. The Labute approximate surface area is 179 Å². The van der Waals surface area contributed by atoms with Crippen LogP contribution in [0, 0.1) is 13.8 Å². The van der Waals surface area contributed by atoms with Crippen molar-refractivity contribution in [2.45, 2.75) is 50.6 Å². The zero-order valence-electron chi connectivity index (χ0n) is 17.2. The number of carbonyl (C=O) groups is 2. The second kappa shape index (κ2) is 9.62. The smallest absolute Gasteiger partial charge is 0.237 e. The number of hydrogen-bond acceptors (Lipinski definition) is 6. The van der Waals surface area contributed by atoms with Gasteiger partial charge in [0.2, 0.25) is 11.8 Å². The maximum Gasteiger partial charge on any atom is 0.237 e. The van der Waals surface area contributed by atoms with Gasteiger partial charge in [0.25, 0.3) is 0 Å². The lowest BCUT2D eigenvalue weighted by molar-refractivity contribution is -0.118. The van der Waals surface area contributed by atoms with E-state index < -0.39 is 11.2 Å². The summed E-state index contributed by atoms with van der Waals surface area (Å²) in [6, 6.07) is 9.59. The molecule has 8 nitrogen and oxygen atoms in total. The van der Waals surface area contributed by atoms with E-state index >= 15 is 0 Å². The first-order chi connectivity index (χ1) is 14.3. The van der Waals surface area contributed by atoms with Gasteiger partial charge in [0.1, 0.15) is 11.6 Å². The van der Waals surface area contributed by atoms with Crippen molar-refractivity contribution in [3.63, 3.8) is 0 Å². The monoisotopic (exact) mass is 427 g/mol. The fourth-order valence-electron chi connectivity index (χ4n) is 2.86. The molecule has 0 spiro atoms. The van der Waals surface area contributed by atoms with Crippen molar-refractivity contribution in [1.82, 2.24) is 14.8 Å². The van der Waals surface area contributed by atoms with Gasteiger partial charge >= 0.3 is 0 Å². The Hall–Kier alpha value is -3.07. The average Bonchev–Trinajstić information content (AvgIpc) is 3.34. The molecule has 2 amide bonds. The van der Waals surface area contributed by atoms with E-state index in [0.717, 1.165) is 22.6 Å². The molecule has 2 heterocycles. The number of nitrogens with zero attached hydrogens (tertiary/aromatic N) is 3. The van der Waals surface area contributed by atoms with Crippen LogP contribution in [0.4, 0.5) is 5.69 Å². The largest absolute Gasteiger partial charge is 0.467 e. The summed E-state index contributed by atoms with van der Waals surface area (Å²) >= 11 is 1.30. The highest BCUT2D eigenvalue weighted by atomic mass is 32.2. The summed E-state index contributed by atoms with van der Waals surface area (Å²) in [4.78, 5) is 23.9. The van der Waals surface area contributed by atoms with Gasteiger partial charge in [-0.3, -0.25) is 14.2 Å². The van der Waals surface area contributed by atoms with Gasteiger partial charge in [0.15, 0.2) is 5.16 Å². The summed E-state index contributed by atoms with van der Waals surface area (Å²) in [5.41, 5.74) is 8.15. The molecule has 9 heteroatoms. The molecule has 0 saturated carbocycles. The van der Waals surface area contributed by atoms with Gasteiger partial charge in [0.05, 0.1) is 18.1 Å². The van der Waals surface area contributed by atoms with Gasteiger partial charge in [-0.1, -0.05) is 23.9 Å². The van der Waals surface area contributed by atoms with E-state index in [9.17, 15) is 9.59 Å². The van der Waals surface area contributed by atoms with Gasteiger partial charge < -0.3 is 15.5 Å². The zero-order chi connectivity index (χ0) is 21.7. The minimum Gasteiger partial charge on any atom is -0.467 e. The lowest BCUT2D eigenvalue weighted by atomic mass is 10.1. The fourth-order valence-corrected chi connectivity index (χ4v) is 3.73. The number of rotatable bonds is 9. The van der Waals surface area contributed by atoms with Crippen LogP contribution in [0.2, 0.25) is 0 Å². The molecule has 0 fully saturated rings. The van der Waals surface area contributed by atoms with Gasteiger partial charge in [-0.25, -0.2) is 0 Å². The van der Waals surface area contributed by atoms with Crippen LogP contribution in [0.1, 0.15) is 36.1 Å². The molecule has 0 saturated heterocycles. The van der Waals surface area contributed by atoms with E-state index in [1.54, 1.807) is 12.3 Å². The summed E-state index contributed by atoms with van der Waals surface area (Å²) in [6.07, 6.45) is 2.13. The van der Waals surface area contributed by atoms with Crippen LogP contribution in [0.3, 0.4) is 0 Å². The van der Waals surface area contributed by atoms with E-state index in [4.69, 9.17) is 10.2 Å². The molecular weight excluding hydrogens is 402 g/mol. The lowest BCUT2D eigenvalue weighted by Crippen LogP contribution is -2.23. The van der Waals surface area contributed by atoms with Crippen LogP contribution >= 0.6 is 11.8 Å². The Bertz CT molecular complexity index is 1030. The third-order valence-electron chi connectivity index (χ3n) is 4.58. The van der Waals surface area contributed by atoms with E-state index in [1.165, 1.54) is 11.8 Å². The molecule has 3 N–H and O–H groups in total. The predicted molar refractivity (Wildman–Crippen MR) is 115 cm³/mol. The van der Waals surface area contributed by atoms with Crippen LogP contribution in [0.5, 0.6) is 0 Å². The van der Waals surface area contributed by atoms with Crippen molar-refractivity contribution in [2.24, 2.45) is 5.73 Å². The lowest BCUT2D eigenvalue weighted by Gasteiger charge is -2.14. The van der Waals surface area contributed by atoms with Gasteiger partial charge in [0, 0.05) is 18.5 Å². The van der Waals surface area contributed by atoms with Gasteiger partial charge in [-0.2, -0.15) is 0 Å². The number of thioether (sulfide) groups is 1. The Morgan fingerprint density at radius 3 is 2.77 bits per heavy atom. The van der Waals surface area contributed by atoms with E-state index in [-0.39, 0.29) is 12.3 Å². The second-order valence-electron chi connectivity index (χ2n) is 7.10. The van der Waals surface area contributed by atoms with Gasteiger partial charge in [-0.15, -0.1) is 10.2 Å². The molecule has 30 heavy (non-hydrogen) atoms. The van der Waals surface area contributed by atoms with Crippen LogP contribution in [0.25, 0.3) is 0 Å². The molecule has 1 atom stereocenters. The minimum absolute atomic E-state index is 0.125. The summed E-state index contributed by atoms with van der Waals surface area (Å²) in [7, 11) is 0. The number of nitrogens with one attached hydrogen (secondary N) is 1. The summed E-state index contributed by atoms with van der Waals surface area (Å²) < 4.78 is 7.30. The third kappa shape index (κ3) is 5.50. The molecule has 0 aliphatic heterocycles. The van der Waals surface area contributed by atoms with Crippen LogP contribution in [0.15, 0.2) is 46.2 Å². The number of nitrogens with two attached hydrogens (primary N) is 1. The van der Waals surface area contributed by atoms with Crippen molar-refractivity contribution in [3.8, 4) is 0 Å². The molecule has 2 aromatic heterocycles. The molecular formula is C21H25N5O3S. The molecule has 0 radical (unpaired) electrons. The van der Waals surface area contributed by atoms with Crippen molar-refractivity contribution < 1.29 is 14.0 Å². The van der Waals surface area contributed by atoms with E-state index in [1.807, 2.05) is 49.6 Å². The number of carbonyl (C=O) groups excluding carboxylic acids is 2. The quantitative estimate of drug-likeness (QED) is 0.507. The van der Waals surface area contributed by atoms with Gasteiger partial charge in [-0.05, 0) is 50.1 Å². The Morgan fingerprint density at radius 2 is 2.07 bits per heavy atom. The summed E-state index contributed by atoms with van der Waals surface area (Å²) in [5.74, 6) is 0.817. The van der Waals surface area contributed by atoms with E-state index in [2.05, 4.69) is 15.5 Å². The Balaban J connectivity index is 1.76. The number of benzene rings is 1. The van der Waals surface area contributed by atoms with Crippen molar-refractivity contribution >= 4 is 29.3 Å². The second-order valence-corrected chi connectivity index (χ2v) is 8.41. The Kier molecular flexibility index (Phi) is 6.94. The molecule has 0 aliphatic carbocycles. The molecule has 158 valence electrons. The van der Waals surface area contributed by atoms with Crippen LogP contribution in [-0.4, -0.2) is 31.8 Å². The highest BCUT2D eigenvalue weighted by Gasteiger charge is 2.21. The third-order valence-corrected chi connectivity index (χ3v) is 5.67. The maximum atomic E-state index is 12.8. The number of amides is 2. The number of anilines is 1. The standard InChI is InChI=1S/C21H25N5O3S/c1-13-6-7-14(2)17(11-13)23-20(28)15(3)30-21-25-24-19(9-8-18(22)27)26(21)12-16-5-4-10-29-16/h4-7,10-11,15H,8-9,12H2,1-3H3,(H2,22,27)(H,23,28)/t15-/m0/s1. The molecule has 1 aromatic carbocycles. The van der Waals surface area contributed by atoms with E-state index in [0.29, 0.717) is 23.9 Å². The van der Waals surface area contributed by atoms with Crippen LogP contribution < -0.4 is 11.1 Å². The Morgan fingerprint density at radius 1 is 1.27 bits per heavy atom. The normalized spacial score (nSPS) is 12.0. The maximum absolute atomic E-state index is 12.8. The molecule has 3 rings (SSSR count). The van der Waals surface area contributed by atoms with Crippen molar-refractivity contribution in [2.75, 3.05) is 5.32 Å². The SMILES string of the molecule is Cc1ccc(C)c(NC(=O)[C@H](C)Sc2nnc(CCC(N)=O)n2Cc2ccco2)c1. The van der Waals surface area contributed by atoms with Crippen LogP contribution in [-0.2, 0) is 22.6 Å². The first-order valence-electron chi connectivity index (χ1n) is 9.61. The first kappa shape index (κ1) is 21.6. The number of hydrogen-bond donors (Lipinski definition) is 2. The first-order valence-corrected chi connectivity index (χ1v) is 10.5. The number of aromatic nitrogens is 3. The topological polar surface area (TPSA) is 116 Å². The molecule has 0 unspecified atom stereocenters. The van der Waals surface area contributed by atoms with Crippen molar-refractivity contribution in [3.05, 3.63) is 59.3 Å². The average molecular weight is 428 g/mol. The zero-order valence-corrected chi connectivity index (χ0v) is 18.0. The number of primary amides is 1. The minimum atomic E-state index is -0.409. The fraction of sp³-hybridized carbons (Fsp3) is 0.333. The molecule has 3 aromatic rings. The summed E-state index contributed by atoms with van der Waals surface area (Å²) in [6.45, 7) is 6.16. The molecule has 0 bridgehead atoms. The van der Waals surface area contributed by atoms with Crippen molar-refractivity contribution in [1.29, 1.82) is 0 Å². The summed E-state index contributed by atoms with van der Waals surface area (Å²) in [5, 5.41) is 11.6. The number of furan rings is 1. The highest BCUT2D eigenvalue weighted by Crippen LogP contribution is 2.26. The highest BCUT2D eigenvalue weighted by molar-refractivity contribution is 8.00. The predicted octanol–water partition coefficient (Wildman–Crippen LogP) is 3.07. The molecule has 0 aliphatic rings.